The molecular formula is C29H32ClN3O6. The molecule has 3 aliphatic rings. The molecule has 206 valence electrons. The van der Waals surface area contributed by atoms with Gasteiger partial charge in [0.25, 0.3) is 0 Å². The molecule has 0 saturated heterocycles. The maximum Gasteiger partial charge on any atom is 0.414 e. The highest BCUT2D eigenvalue weighted by Crippen LogP contribution is 2.43. The number of benzene rings is 2. The minimum atomic E-state index is -1.08. The molecule has 1 fully saturated rings. The Bertz CT molecular complexity index is 1470. The fraction of sp³-hybridized carbons (Fsp3) is 0.483. The van der Waals surface area contributed by atoms with Gasteiger partial charge >= 0.3 is 12.1 Å². The van der Waals surface area contributed by atoms with Crippen LogP contribution in [0.5, 0.6) is 5.75 Å². The first-order chi connectivity index (χ1) is 18.8. The molecular weight excluding hydrogens is 522 g/mol. The summed E-state index contributed by atoms with van der Waals surface area (Å²) in [6.07, 6.45) is 3.34. The van der Waals surface area contributed by atoms with Crippen LogP contribution >= 0.6 is 11.6 Å². The van der Waals surface area contributed by atoms with E-state index in [9.17, 15) is 19.8 Å². The molecule has 10 heteroatoms. The minimum Gasteiger partial charge on any atom is -0.491 e. The van der Waals surface area contributed by atoms with Gasteiger partial charge in [-0.3, -0.25) is 9.69 Å². The average Bonchev–Trinajstić information content (AvgIpc) is 3.57. The topological polar surface area (TPSA) is 114 Å². The molecule has 1 aromatic heterocycles. The predicted octanol–water partition coefficient (Wildman–Crippen LogP) is 5.43. The summed E-state index contributed by atoms with van der Waals surface area (Å²) in [5.41, 5.74) is 4.79. The molecule has 6 rings (SSSR count). The highest BCUT2D eigenvalue weighted by Gasteiger charge is 2.36. The third kappa shape index (κ3) is 4.32. The van der Waals surface area contributed by atoms with E-state index in [-0.39, 0.29) is 12.1 Å². The van der Waals surface area contributed by atoms with E-state index in [0.717, 1.165) is 53.5 Å². The number of aromatic nitrogens is 2. The largest absolute Gasteiger partial charge is 0.491 e. The highest BCUT2D eigenvalue weighted by atomic mass is 35.5. The van der Waals surface area contributed by atoms with Gasteiger partial charge in [-0.25, -0.2) is 9.78 Å². The van der Waals surface area contributed by atoms with Gasteiger partial charge in [-0.1, -0.05) is 18.0 Å². The zero-order chi connectivity index (χ0) is 27.4. The Labute approximate surface area is 231 Å². The first-order valence-electron chi connectivity index (χ1n) is 13.5. The number of aryl methyl sites for hydroxylation is 1. The van der Waals surface area contributed by atoms with Crippen LogP contribution < -0.4 is 9.64 Å². The Morgan fingerprint density at radius 3 is 2.79 bits per heavy atom. The molecule has 0 radical (unpaired) electrons. The number of carboxylic acid groups (broad SMARTS) is 1. The summed E-state index contributed by atoms with van der Waals surface area (Å²) in [5, 5.41) is 22.0. The summed E-state index contributed by atoms with van der Waals surface area (Å²) >= 11 is 6.52. The number of imidazole rings is 1. The lowest BCUT2D eigenvalue weighted by molar-refractivity contribution is -0.143. The highest BCUT2D eigenvalue weighted by molar-refractivity contribution is 6.32. The van der Waals surface area contributed by atoms with Crippen molar-refractivity contribution in [2.24, 2.45) is 5.92 Å². The molecule has 0 bridgehead atoms. The van der Waals surface area contributed by atoms with E-state index in [1.807, 2.05) is 29.7 Å². The number of carbonyl (C=O) groups is 2. The predicted molar refractivity (Wildman–Crippen MR) is 146 cm³/mol. The molecule has 4 atom stereocenters. The number of aliphatic hydroxyl groups is 1. The van der Waals surface area contributed by atoms with Crippen molar-refractivity contribution in [3.8, 4) is 5.75 Å². The van der Waals surface area contributed by atoms with Gasteiger partial charge in [0, 0.05) is 24.1 Å². The number of methoxy groups -OCH3 is 1. The van der Waals surface area contributed by atoms with Crippen molar-refractivity contribution < 1.29 is 29.3 Å². The monoisotopic (exact) mass is 553 g/mol. The molecule has 2 aliphatic heterocycles. The number of hydrogen-bond acceptors (Lipinski definition) is 6. The Kier molecular flexibility index (Phi) is 6.67. The summed E-state index contributed by atoms with van der Waals surface area (Å²) in [5.74, 6) is -0.140. The van der Waals surface area contributed by atoms with Crippen LogP contribution in [-0.4, -0.2) is 51.6 Å². The number of fused-ring (bicyclic) bond motifs is 4. The number of aliphatic hydroxyl groups excluding tert-OH is 1. The van der Waals surface area contributed by atoms with Gasteiger partial charge < -0.3 is 24.3 Å². The summed E-state index contributed by atoms with van der Waals surface area (Å²) in [7, 11) is 1.37. The van der Waals surface area contributed by atoms with Crippen LogP contribution in [-0.2, 0) is 22.4 Å². The molecule has 39 heavy (non-hydrogen) atoms. The first kappa shape index (κ1) is 26.0. The first-order valence-corrected chi connectivity index (χ1v) is 13.9. The van der Waals surface area contributed by atoms with E-state index in [2.05, 4.69) is 0 Å². The number of rotatable bonds is 4. The molecule has 1 saturated carbocycles. The normalized spacial score (nSPS) is 23.2. The van der Waals surface area contributed by atoms with E-state index in [1.54, 1.807) is 11.0 Å². The summed E-state index contributed by atoms with van der Waals surface area (Å²) < 4.78 is 12.8. The van der Waals surface area contributed by atoms with Crippen molar-refractivity contribution in [3.05, 3.63) is 51.8 Å². The lowest BCUT2D eigenvalue weighted by Crippen LogP contribution is -2.42. The second-order valence-electron chi connectivity index (χ2n) is 10.8. The number of anilines is 1. The van der Waals surface area contributed by atoms with Gasteiger partial charge in [-0.05, 0) is 74.4 Å². The third-order valence-corrected chi connectivity index (χ3v) is 8.82. The lowest BCUT2D eigenvalue weighted by Gasteiger charge is -2.34. The number of halogens is 1. The van der Waals surface area contributed by atoms with Crippen molar-refractivity contribution in [1.82, 2.24) is 9.55 Å². The average molecular weight is 554 g/mol. The van der Waals surface area contributed by atoms with E-state index < -0.39 is 24.1 Å². The summed E-state index contributed by atoms with van der Waals surface area (Å²) in [4.78, 5) is 31.3. The molecule has 0 spiro atoms. The van der Waals surface area contributed by atoms with Crippen LogP contribution in [0.1, 0.15) is 73.7 Å². The Balaban J connectivity index is 1.53. The second kappa shape index (κ2) is 10.0. The Morgan fingerprint density at radius 2 is 2.03 bits per heavy atom. The maximum absolute atomic E-state index is 12.7. The maximum atomic E-state index is 12.7. The van der Waals surface area contributed by atoms with Gasteiger partial charge in [0.2, 0.25) is 0 Å². The molecule has 1 aliphatic carbocycles. The number of carbonyl (C=O) groups excluding carboxylic acids is 1. The standard InChI is InChI=1S/C29H32ClN3O6/c1-15-6-7-20-22(32(15)29(37)38-2)8-9-23-24(20)31-27(33(23)19-5-3-4-17(13-19)28(35)36)25(34)18-12-16-10-11-39-26(16)21(30)14-18/h8-9,12,14-15,17,19,25,34H,3-7,10-11,13H2,1-2H3,(H,35,36)/t15-,17+,19+,25+/m0/s1. The molecule has 0 unspecified atom stereocenters. The van der Waals surface area contributed by atoms with Crippen LogP contribution in [0.25, 0.3) is 11.0 Å². The van der Waals surface area contributed by atoms with Crippen LogP contribution in [0.15, 0.2) is 24.3 Å². The minimum absolute atomic E-state index is 0.0278. The van der Waals surface area contributed by atoms with Gasteiger partial charge in [0.15, 0.2) is 0 Å². The van der Waals surface area contributed by atoms with Gasteiger partial charge in [0.1, 0.15) is 17.7 Å². The quantitative estimate of drug-likeness (QED) is 0.443. The van der Waals surface area contributed by atoms with Crippen molar-refractivity contribution >= 4 is 40.4 Å². The second-order valence-corrected chi connectivity index (χ2v) is 11.3. The van der Waals surface area contributed by atoms with E-state index in [4.69, 9.17) is 26.1 Å². The number of amides is 1. The summed E-state index contributed by atoms with van der Waals surface area (Å²) in [6.45, 7) is 2.54. The number of nitrogens with zero attached hydrogens (tertiary/aromatic N) is 3. The molecule has 9 nitrogen and oxygen atoms in total. The molecule has 3 aromatic rings. The van der Waals surface area contributed by atoms with Crippen molar-refractivity contribution in [1.29, 1.82) is 0 Å². The fourth-order valence-corrected chi connectivity index (χ4v) is 6.89. The van der Waals surface area contributed by atoms with Crippen molar-refractivity contribution in [2.75, 3.05) is 18.6 Å². The number of carboxylic acids is 1. The zero-order valence-electron chi connectivity index (χ0n) is 22.0. The van der Waals surface area contributed by atoms with E-state index in [0.29, 0.717) is 48.0 Å². The van der Waals surface area contributed by atoms with Crippen LogP contribution in [0.3, 0.4) is 0 Å². The number of ether oxygens (including phenoxy) is 2. The van der Waals surface area contributed by atoms with Crippen molar-refractivity contribution in [2.45, 2.75) is 70.1 Å². The number of aliphatic carboxylic acids is 1. The molecule has 2 aromatic carbocycles. The SMILES string of the molecule is COC(=O)N1c2ccc3c(nc([C@H](O)c4cc(Cl)c5c(c4)CCO5)n3[C@@H]3CCC[C@@H](C(=O)O)C3)c2CC[C@@H]1C. The van der Waals surface area contributed by atoms with Gasteiger partial charge in [-0.2, -0.15) is 0 Å². The van der Waals surface area contributed by atoms with Gasteiger partial charge in [0.05, 0.1) is 41.4 Å². The van der Waals surface area contributed by atoms with Gasteiger partial charge in [-0.15, -0.1) is 0 Å². The van der Waals surface area contributed by atoms with E-state index in [1.165, 1.54) is 7.11 Å². The van der Waals surface area contributed by atoms with Crippen molar-refractivity contribution in [3.63, 3.8) is 0 Å². The smallest absolute Gasteiger partial charge is 0.414 e. The molecule has 3 heterocycles. The Morgan fingerprint density at radius 1 is 1.21 bits per heavy atom. The Hall–Kier alpha value is -3.30. The molecule has 2 N–H and O–H groups in total. The number of hydrogen-bond donors (Lipinski definition) is 2. The van der Waals surface area contributed by atoms with Crippen LogP contribution in [0.2, 0.25) is 5.02 Å². The third-order valence-electron chi connectivity index (χ3n) is 8.54. The van der Waals surface area contributed by atoms with E-state index >= 15 is 0 Å². The fourth-order valence-electron chi connectivity index (χ4n) is 6.58. The molecule has 1 amide bonds. The zero-order valence-corrected chi connectivity index (χ0v) is 22.8. The van der Waals surface area contributed by atoms with Crippen LogP contribution in [0.4, 0.5) is 10.5 Å². The van der Waals surface area contributed by atoms with Crippen LogP contribution in [0, 0.1) is 5.92 Å². The summed E-state index contributed by atoms with van der Waals surface area (Å²) in [6, 6.07) is 7.32. The lowest BCUT2D eigenvalue weighted by atomic mass is 9.85.